The summed E-state index contributed by atoms with van der Waals surface area (Å²) >= 11 is 12.2. The maximum absolute atomic E-state index is 11.5. The molecule has 0 saturated heterocycles. The van der Waals surface area contributed by atoms with Crippen molar-refractivity contribution in [2.45, 2.75) is 26.3 Å². The van der Waals surface area contributed by atoms with Gasteiger partial charge in [-0.25, -0.2) is 0 Å². The summed E-state index contributed by atoms with van der Waals surface area (Å²) in [6.45, 7) is 4.47. The maximum Gasteiger partial charge on any atom is 0.307 e. The average molecular weight is 428 g/mol. The van der Waals surface area contributed by atoms with Crippen molar-refractivity contribution in [3.63, 3.8) is 0 Å². The minimum Gasteiger partial charge on any atom is -0.481 e. The van der Waals surface area contributed by atoms with Crippen molar-refractivity contribution >= 4 is 35.0 Å². The van der Waals surface area contributed by atoms with Crippen molar-refractivity contribution in [2.24, 2.45) is 4.99 Å². The molecule has 0 fully saturated rings. The Morgan fingerprint density at radius 2 is 1.93 bits per heavy atom. The van der Waals surface area contributed by atoms with Gasteiger partial charge in [0.1, 0.15) is 11.9 Å². The first-order chi connectivity index (χ1) is 13.8. The second-order valence-electron chi connectivity index (χ2n) is 7.14. The third-order valence-corrected chi connectivity index (χ3v) is 5.66. The van der Waals surface area contributed by atoms with E-state index in [0.29, 0.717) is 27.9 Å². The van der Waals surface area contributed by atoms with Gasteiger partial charge in [0.15, 0.2) is 0 Å². The highest BCUT2D eigenvalue weighted by Gasteiger charge is 2.30. The van der Waals surface area contributed by atoms with Crippen molar-refractivity contribution in [1.82, 2.24) is 9.88 Å². The second kappa shape index (κ2) is 7.65. The Morgan fingerprint density at radius 1 is 1.21 bits per heavy atom. The predicted octanol–water partition coefficient (Wildman–Crippen LogP) is 5.05. The van der Waals surface area contributed by atoms with Crippen LogP contribution in [0.2, 0.25) is 5.02 Å². The number of carboxylic acid groups (broad SMARTS) is 1. The number of aliphatic imine (C=N–C) groups is 1. The van der Waals surface area contributed by atoms with Crippen LogP contribution in [0.3, 0.4) is 0 Å². The minimum absolute atomic E-state index is 0.0930. The average Bonchev–Trinajstić information content (AvgIpc) is 3.08. The molecule has 4 rings (SSSR count). The summed E-state index contributed by atoms with van der Waals surface area (Å²) in [7, 11) is 0. The zero-order chi connectivity index (χ0) is 20.7. The number of hydrogen-bond acceptors (Lipinski definition) is 4. The quantitative estimate of drug-likeness (QED) is 0.740. The van der Waals surface area contributed by atoms with Gasteiger partial charge in [-0.1, -0.05) is 35.3 Å². The van der Waals surface area contributed by atoms with Gasteiger partial charge in [-0.15, -0.1) is 0 Å². The molecule has 0 spiro atoms. The van der Waals surface area contributed by atoms with Crippen LogP contribution in [0.5, 0.6) is 0 Å². The number of hydrogen-bond donors (Lipinski definition) is 1. The SMILES string of the molecule is Cc1nc(C2CN3C=C(Cl)C=CC3=N2)c(C)c(-c2ccc(Cl)cc2)c1CC(=O)O. The number of aliphatic carboxylic acids is 1. The topological polar surface area (TPSA) is 65.8 Å². The number of aromatic nitrogens is 1. The lowest BCUT2D eigenvalue weighted by Gasteiger charge is -2.21. The van der Waals surface area contributed by atoms with E-state index >= 15 is 0 Å². The van der Waals surface area contributed by atoms with Crippen LogP contribution in [0, 0.1) is 13.8 Å². The summed E-state index contributed by atoms with van der Waals surface area (Å²) < 4.78 is 0. The standard InChI is InChI=1S/C22H19Cl2N3O2/c1-12-21(14-3-5-15(23)6-4-14)17(9-20(28)29)13(2)25-22(12)18-11-27-10-16(24)7-8-19(27)26-18/h3-8,10,18H,9,11H2,1-2H3,(H,28,29). The summed E-state index contributed by atoms with van der Waals surface area (Å²) in [5.74, 6) is -0.0404. The van der Waals surface area contributed by atoms with Crippen molar-refractivity contribution in [1.29, 1.82) is 0 Å². The number of fused-ring (bicyclic) bond motifs is 1. The molecule has 148 valence electrons. The molecule has 1 aromatic carbocycles. The number of carboxylic acids is 1. The number of pyridine rings is 1. The largest absolute Gasteiger partial charge is 0.481 e. The molecule has 7 heteroatoms. The number of amidine groups is 1. The van der Waals surface area contributed by atoms with Crippen LogP contribution in [0.4, 0.5) is 0 Å². The number of allylic oxidation sites excluding steroid dienone is 2. The Kier molecular flexibility index (Phi) is 5.19. The summed E-state index contributed by atoms with van der Waals surface area (Å²) in [6.07, 6.45) is 5.48. The molecule has 1 N–H and O–H groups in total. The van der Waals surface area contributed by atoms with E-state index in [2.05, 4.69) is 0 Å². The Morgan fingerprint density at radius 3 is 2.62 bits per heavy atom. The van der Waals surface area contributed by atoms with E-state index in [9.17, 15) is 9.90 Å². The number of halogens is 2. The molecule has 0 bridgehead atoms. The number of aryl methyl sites for hydroxylation is 1. The molecule has 1 unspecified atom stereocenters. The summed E-state index contributed by atoms with van der Waals surface area (Å²) in [5, 5.41) is 10.7. The van der Waals surface area contributed by atoms with Gasteiger partial charge in [-0.3, -0.25) is 14.8 Å². The van der Waals surface area contributed by atoms with Gasteiger partial charge in [-0.05, 0) is 60.4 Å². The van der Waals surface area contributed by atoms with Crippen molar-refractivity contribution in [3.05, 3.63) is 75.2 Å². The lowest BCUT2D eigenvalue weighted by Crippen LogP contribution is -2.23. The van der Waals surface area contributed by atoms with Crippen LogP contribution >= 0.6 is 23.2 Å². The van der Waals surface area contributed by atoms with Gasteiger partial charge in [-0.2, -0.15) is 0 Å². The Bertz CT molecular complexity index is 1090. The smallest absolute Gasteiger partial charge is 0.307 e. The Labute approximate surface area is 179 Å². The molecule has 0 amide bonds. The number of carbonyl (C=O) groups is 1. The Balaban J connectivity index is 1.85. The van der Waals surface area contributed by atoms with Gasteiger partial charge < -0.3 is 10.0 Å². The van der Waals surface area contributed by atoms with Crippen LogP contribution in [-0.4, -0.2) is 33.3 Å². The van der Waals surface area contributed by atoms with Gasteiger partial charge >= 0.3 is 5.97 Å². The van der Waals surface area contributed by atoms with Crippen LogP contribution in [-0.2, 0) is 11.2 Å². The van der Waals surface area contributed by atoms with Crippen LogP contribution in [0.25, 0.3) is 11.1 Å². The summed E-state index contributed by atoms with van der Waals surface area (Å²) in [5.41, 5.74) is 5.00. The van der Waals surface area contributed by atoms with Gasteiger partial charge in [0.05, 0.1) is 23.7 Å². The molecule has 29 heavy (non-hydrogen) atoms. The number of nitrogens with zero attached hydrogens (tertiary/aromatic N) is 3. The lowest BCUT2D eigenvalue weighted by atomic mass is 9.90. The van der Waals surface area contributed by atoms with E-state index < -0.39 is 5.97 Å². The highest BCUT2D eigenvalue weighted by atomic mass is 35.5. The highest BCUT2D eigenvalue weighted by molar-refractivity contribution is 6.32. The summed E-state index contributed by atoms with van der Waals surface area (Å²) in [4.78, 5) is 23.1. The predicted molar refractivity (Wildman–Crippen MR) is 115 cm³/mol. The van der Waals surface area contributed by atoms with E-state index in [4.69, 9.17) is 33.2 Å². The molecule has 5 nitrogen and oxygen atoms in total. The van der Waals surface area contributed by atoms with Crippen LogP contribution < -0.4 is 0 Å². The van der Waals surface area contributed by atoms with Crippen molar-refractivity contribution in [2.75, 3.05) is 6.54 Å². The molecule has 0 radical (unpaired) electrons. The fourth-order valence-electron chi connectivity index (χ4n) is 3.87. The zero-order valence-corrected chi connectivity index (χ0v) is 17.5. The molecular formula is C22H19Cl2N3O2. The molecular weight excluding hydrogens is 409 g/mol. The fourth-order valence-corrected chi connectivity index (χ4v) is 4.18. The third kappa shape index (κ3) is 3.80. The van der Waals surface area contributed by atoms with Crippen LogP contribution in [0.1, 0.15) is 28.6 Å². The van der Waals surface area contributed by atoms with Gasteiger partial charge in [0.25, 0.3) is 0 Å². The van der Waals surface area contributed by atoms with E-state index in [-0.39, 0.29) is 12.5 Å². The monoisotopic (exact) mass is 427 g/mol. The first-order valence-corrected chi connectivity index (χ1v) is 9.96. The summed E-state index contributed by atoms with van der Waals surface area (Å²) in [6, 6.07) is 7.29. The zero-order valence-electron chi connectivity index (χ0n) is 16.0. The van der Waals surface area contributed by atoms with E-state index in [1.54, 1.807) is 0 Å². The van der Waals surface area contributed by atoms with E-state index in [1.807, 2.05) is 61.4 Å². The first kappa shape index (κ1) is 19.7. The molecule has 2 aromatic rings. The molecule has 3 heterocycles. The molecule has 2 aliphatic heterocycles. The van der Waals surface area contributed by atoms with Crippen molar-refractivity contribution in [3.8, 4) is 11.1 Å². The lowest BCUT2D eigenvalue weighted by molar-refractivity contribution is -0.136. The Hall–Kier alpha value is -2.63. The normalized spacial score (nSPS) is 17.8. The highest BCUT2D eigenvalue weighted by Crippen LogP contribution is 2.37. The second-order valence-corrected chi connectivity index (χ2v) is 8.01. The fraction of sp³-hybridized carbons (Fsp3) is 0.227. The third-order valence-electron chi connectivity index (χ3n) is 5.19. The molecule has 0 saturated carbocycles. The van der Waals surface area contributed by atoms with Crippen molar-refractivity contribution < 1.29 is 9.90 Å². The van der Waals surface area contributed by atoms with Gasteiger partial charge in [0, 0.05) is 16.9 Å². The van der Waals surface area contributed by atoms with E-state index in [1.165, 1.54) is 0 Å². The molecule has 1 aromatic heterocycles. The maximum atomic E-state index is 11.5. The number of rotatable bonds is 4. The van der Waals surface area contributed by atoms with Gasteiger partial charge in [0.2, 0.25) is 0 Å². The molecule has 1 atom stereocenters. The molecule has 2 aliphatic rings. The van der Waals surface area contributed by atoms with E-state index in [0.717, 1.165) is 28.2 Å². The number of benzene rings is 1. The molecule has 0 aliphatic carbocycles. The van der Waals surface area contributed by atoms with Crippen LogP contribution in [0.15, 0.2) is 52.6 Å². The minimum atomic E-state index is -0.889. The first-order valence-electron chi connectivity index (χ1n) is 9.21.